The molecule has 1 amide bonds. The van der Waals surface area contributed by atoms with Crippen LogP contribution >= 0.6 is 11.6 Å². The third-order valence-corrected chi connectivity index (χ3v) is 4.06. The van der Waals surface area contributed by atoms with Crippen molar-refractivity contribution in [2.75, 3.05) is 19.7 Å². The number of likely N-dealkylation sites (tertiary alicyclic amines) is 1. The molecule has 1 aromatic carbocycles. The van der Waals surface area contributed by atoms with Gasteiger partial charge >= 0.3 is 12.1 Å². The molecular formula is C15H15ClF3NO4. The van der Waals surface area contributed by atoms with E-state index in [1.807, 2.05) is 0 Å². The molecule has 1 fully saturated rings. The SMILES string of the molecule is O=C(O)[C@@H]1CN(C(=O)CCOc2ccc(Cl)cc2)C[C@H]1C(F)(F)F. The lowest BCUT2D eigenvalue weighted by Crippen LogP contribution is -2.34. The van der Waals surface area contributed by atoms with Gasteiger partial charge in [0.2, 0.25) is 5.91 Å². The molecule has 1 heterocycles. The molecule has 1 aromatic rings. The van der Waals surface area contributed by atoms with Crippen molar-refractivity contribution >= 4 is 23.5 Å². The maximum atomic E-state index is 12.9. The highest BCUT2D eigenvalue weighted by Gasteiger charge is 2.53. The lowest BCUT2D eigenvalue weighted by molar-refractivity contribution is -0.188. The minimum absolute atomic E-state index is 0.0224. The average molecular weight is 366 g/mol. The second-order valence-electron chi connectivity index (χ2n) is 5.44. The number of rotatable bonds is 5. The van der Waals surface area contributed by atoms with Crippen molar-refractivity contribution in [2.45, 2.75) is 12.6 Å². The number of aliphatic carboxylic acids is 1. The molecule has 9 heteroatoms. The molecule has 0 radical (unpaired) electrons. The Morgan fingerprint density at radius 3 is 2.38 bits per heavy atom. The van der Waals surface area contributed by atoms with Gasteiger partial charge in [0.25, 0.3) is 0 Å². The summed E-state index contributed by atoms with van der Waals surface area (Å²) in [5.74, 6) is -5.32. The number of nitrogens with zero attached hydrogens (tertiary/aromatic N) is 1. The number of ether oxygens (including phenoxy) is 1. The zero-order valence-electron chi connectivity index (χ0n) is 12.4. The Hall–Kier alpha value is -1.96. The summed E-state index contributed by atoms with van der Waals surface area (Å²) in [6.45, 7) is -1.11. The van der Waals surface area contributed by atoms with Crippen LogP contribution in [0.2, 0.25) is 5.02 Å². The molecule has 1 saturated heterocycles. The van der Waals surface area contributed by atoms with Gasteiger partial charge in [-0.25, -0.2) is 0 Å². The van der Waals surface area contributed by atoms with Crippen molar-refractivity contribution < 1.29 is 32.6 Å². The summed E-state index contributed by atoms with van der Waals surface area (Å²) in [7, 11) is 0. The topological polar surface area (TPSA) is 66.8 Å². The summed E-state index contributed by atoms with van der Waals surface area (Å²) in [4.78, 5) is 23.9. The normalized spacial score (nSPS) is 20.9. The molecule has 1 aliphatic heterocycles. The summed E-state index contributed by atoms with van der Waals surface area (Å²) in [6, 6.07) is 6.40. The lowest BCUT2D eigenvalue weighted by Gasteiger charge is -2.18. The molecule has 1 aliphatic rings. The molecule has 0 bridgehead atoms. The second-order valence-corrected chi connectivity index (χ2v) is 5.88. The quantitative estimate of drug-likeness (QED) is 0.871. The van der Waals surface area contributed by atoms with E-state index in [1.54, 1.807) is 24.3 Å². The van der Waals surface area contributed by atoms with Gasteiger partial charge in [-0.3, -0.25) is 9.59 Å². The largest absolute Gasteiger partial charge is 0.493 e. The zero-order chi connectivity index (χ0) is 17.9. The summed E-state index contributed by atoms with van der Waals surface area (Å²) in [5.41, 5.74) is 0. The Bertz CT molecular complexity index is 606. The number of amides is 1. The van der Waals surface area contributed by atoms with Crippen LogP contribution in [0, 0.1) is 11.8 Å². The number of halogens is 4. The summed E-state index contributed by atoms with van der Waals surface area (Å²) >= 11 is 5.72. The standard InChI is InChI=1S/C15H15ClF3NO4/c16-9-1-3-10(4-2-9)24-6-5-13(21)20-7-11(14(22)23)12(8-20)15(17,18)19/h1-4,11-12H,5-8H2,(H,22,23)/t11-,12-/m1/s1. The van der Waals surface area contributed by atoms with E-state index in [1.165, 1.54) is 0 Å². The molecular weight excluding hydrogens is 351 g/mol. The van der Waals surface area contributed by atoms with Crippen LogP contribution in [0.5, 0.6) is 5.75 Å². The van der Waals surface area contributed by atoms with E-state index in [4.69, 9.17) is 21.4 Å². The van der Waals surface area contributed by atoms with E-state index in [-0.39, 0.29) is 13.0 Å². The van der Waals surface area contributed by atoms with Crippen molar-refractivity contribution in [3.63, 3.8) is 0 Å². The Morgan fingerprint density at radius 2 is 1.88 bits per heavy atom. The predicted octanol–water partition coefficient (Wildman–Crippen LogP) is 2.83. The predicted molar refractivity (Wildman–Crippen MR) is 78.8 cm³/mol. The summed E-state index contributed by atoms with van der Waals surface area (Å²) < 4.78 is 43.9. The zero-order valence-corrected chi connectivity index (χ0v) is 13.2. The van der Waals surface area contributed by atoms with Gasteiger partial charge < -0.3 is 14.7 Å². The van der Waals surface area contributed by atoms with Gasteiger partial charge in [-0.1, -0.05) is 11.6 Å². The first-order valence-corrected chi connectivity index (χ1v) is 7.52. The maximum Gasteiger partial charge on any atom is 0.394 e. The van der Waals surface area contributed by atoms with Crippen molar-refractivity contribution in [3.05, 3.63) is 29.3 Å². The second kappa shape index (κ2) is 7.29. The van der Waals surface area contributed by atoms with Gasteiger partial charge in [0.15, 0.2) is 0 Å². The van der Waals surface area contributed by atoms with E-state index in [9.17, 15) is 22.8 Å². The van der Waals surface area contributed by atoms with Gasteiger partial charge in [0.05, 0.1) is 24.9 Å². The Kier molecular flexibility index (Phi) is 5.58. The van der Waals surface area contributed by atoms with Crippen LogP contribution in [0.15, 0.2) is 24.3 Å². The van der Waals surface area contributed by atoms with E-state index in [0.29, 0.717) is 10.8 Å². The molecule has 132 valence electrons. The van der Waals surface area contributed by atoms with Crippen LogP contribution in [0.4, 0.5) is 13.2 Å². The maximum absolute atomic E-state index is 12.9. The number of hydrogen-bond acceptors (Lipinski definition) is 3. The molecule has 0 aromatic heterocycles. The van der Waals surface area contributed by atoms with E-state index < -0.39 is 43.0 Å². The molecule has 5 nitrogen and oxygen atoms in total. The molecule has 2 atom stereocenters. The van der Waals surface area contributed by atoms with E-state index in [0.717, 1.165) is 4.90 Å². The van der Waals surface area contributed by atoms with Crippen LogP contribution in [-0.4, -0.2) is 47.8 Å². The smallest absolute Gasteiger partial charge is 0.394 e. The van der Waals surface area contributed by atoms with Crippen molar-refractivity contribution in [1.82, 2.24) is 4.90 Å². The highest BCUT2D eigenvalue weighted by atomic mass is 35.5. The fourth-order valence-corrected chi connectivity index (χ4v) is 2.66. The highest BCUT2D eigenvalue weighted by Crippen LogP contribution is 2.37. The van der Waals surface area contributed by atoms with Crippen molar-refractivity contribution in [2.24, 2.45) is 11.8 Å². The minimum Gasteiger partial charge on any atom is -0.493 e. The molecule has 0 aliphatic carbocycles. The van der Waals surface area contributed by atoms with Crippen LogP contribution < -0.4 is 4.74 Å². The average Bonchev–Trinajstić information content (AvgIpc) is 2.95. The van der Waals surface area contributed by atoms with Crippen LogP contribution in [-0.2, 0) is 9.59 Å². The van der Waals surface area contributed by atoms with Gasteiger partial charge in [-0.15, -0.1) is 0 Å². The Morgan fingerprint density at radius 1 is 1.25 bits per heavy atom. The number of carboxylic acids is 1. The fraction of sp³-hybridized carbons (Fsp3) is 0.467. The Balaban J connectivity index is 1.88. The van der Waals surface area contributed by atoms with Gasteiger partial charge in [-0.2, -0.15) is 13.2 Å². The number of carboxylic acid groups (broad SMARTS) is 1. The first-order chi connectivity index (χ1) is 11.2. The summed E-state index contributed by atoms with van der Waals surface area (Å²) in [5, 5.41) is 9.44. The summed E-state index contributed by atoms with van der Waals surface area (Å²) in [6.07, 6.45) is -4.79. The molecule has 0 spiro atoms. The third kappa shape index (κ3) is 4.53. The third-order valence-electron chi connectivity index (χ3n) is 3.81. The number of alkyl halides is 3. The molecule has 2 rings (SSSR count). The van der Waals surface area contributed by atoms with Crippen molar-refractivity contribution in [3.8, 4) is 5.75 Å². The van der Waals surface area contributed by atoms with E-state index >= 15 is 0 Å². The first kappa shape index (κ1) is 18.4. The van der Waals surface area contributed by atoms with Crippen LogP contribution in [0.25, 0.3) is 0 Å². The van der Waals surface area contributed by atoms with Crippen molar-refractivity contribution in [1.29, 1.82) is 0 Å². The number of carbonyl (C=O) groups excluding carboxylic acids is 1. The molecule has 0 unspecified atom stereocenters. The van der Waals surface area contributed by atoms with Gasteiger partial charge in [0.1, 0.15) is 5.75 Å². The fourth-order valence-electron chi connectivity index (χ4n) is 2.53. The molecule has 0 saturated carbocycles. The number of carbonyl (C=O) groups is 2. The van der Waals surface area contributed by atoms with Crippen LogP contribution in [0.1, 0.15) is 6.42 Å². The van der Waals surface area contributed by atoms with E-state index in [2.05, 4.69) is 0 Å². The van der Waals surface area contributed by atoms with Gasteiger partial charge in [-0.05, 0) is 24.3 Å². The molecule has 1 N–H and O–H groups in total. The number of benzene rings is 1. The monoisotopic (exact) mass is 365 g/mol. The molecule has 24 heavy (non-hydrogen) atoms. The Labute approximate surface area is 141 Å². The first-order valence-electron chi connectivity index (χ1n) is 7.14. The highest BCUT2D eigenvalue weighted by molar-refractivity contribution is 6.30. The van der Waals surface area contributed by atoms with Crippen LogP contribution in [0.3, 0.4) is 0 Å². The van der Waals surface area contributed by atoms with Gasteiger partial charge in [0, 0.05) is 18.1 Å². The lowest BCUT2D eigenvalue weighted by atomic mass is 9.96. The minimum atomic E-state index is -4.65. The number of hydrogen-bond donors (Lipinski definition) is 1.